The number of Topliss-reactive ketones (excluding diaryl/α,β-unsaturated/α-hetero) is 1. The van der Waals surface area contributed by atoms with Gasteiger partial charge in [-0.25, -0.2) is 0 Å². The van der Waals surface area contributed by atoms with E-state index in [-0.39, 0.29) is 24.2 Å². The van der Waals surface area contributed by atoms with Crippen LogP contribution in [0.4, 0.5) is 0 Å². The standard InChI is InChI=1S/C14H20O3/c1-9(2)12(8-15)14(16)11-7-10(3)5-6-13(11)17-4/h5-7,9,12,15H,8H2,1-4H3. The first-order valence-corrected chi connectivity index (χ1v) is 5.81. The lowest BCUT2D eigenvalue weighted by Gasteiger charge is -2.18. The van der Waals surface area contributed by atoms with Crippen LogP contribution in [0.2, 0.25) is 0 Å². The van der Waals surface area contributed by atoms with Crippen LogP contribution in [0.1, 0.15) is 29.8 Å². The number of methoxy groups -OCH3 is 1. The Morgan fingerprint density at radius 2 is 2.06 bits per heavy atom. The van der Waals surface area contributed by atoms with Gasteiger partial charge in [0.05, 0.1) is 19.3 Å². The largest absolute Gasteiger partial charge is 0.496 e. The van der Waals surface area contributed by atoms with Gasteiger partial charge in [-0.1, -0.05) is 25.5 Å². The Balaban J connectivity index is 3.13. The highest BCUT2D eigenvalue weighted by atomic mass is 16.5. The van der Waals surface area contributed by atoms with Gasteiger partial charge in [-0.2, -0.15) is 0 Å². The molecule has 0 aliphatic heterocycles. The van der Waals surface area contributed by atoms with Gasteiger partial charge in [-0.15, -0.1) is 0 Å². The Kier molecular flexibility index (Phi) is 4.70. The van der Waals surface area contributed by atoms with Crippen molar-refractivity contribution in [3.63, 3.8) is 0 Å². The number of carbonyl (C=O) groups excluding carboxylic acids is 1. The molecule has 0 spiro atoms. The van der Waals surface area contributed by atoms with Gasteiger partial charge in [-0.3, -0.25) is 4.79 Å². The van der Waals surface area contributed by atoms with Crippen molar-refractivity contribution >= 4 is 5.78 Å². The van der Waals surface area contributed by atoms with Crippen LogP contribution >= 0.6 is 0 Å². The van der Waals surface area contributed by atoms with E-state index in [0.717, 1.165) is 5.56 Å². The number of aliphatic hydroxyl groups is 1. The molecule has 0 fully saturated rings. The lowest BCUT2D eigenvalue weighted by Crippen LogP contribution is -2.24. The second-order valence-corrected chi connectivity index (χ2v) is 4.60. The first-order chi connectivity index (χ1) is 8.01. The predicted octanol–water partition coefficient (Wildman–Crippen LogP) is 2.45. The second-order valence-electron chi connectivity index (χ2n) is 4.60. The van der Waals surface area contributed by atoms with E-state index in [4.69, 9.17) is 4.74 Å². The summed E-state index contributed by atoms with van der Waals surface area (Å²) < 4.78 is 5.19. The predicted molar refractivity (Wildman–Crippen MR) is 67.5 cm³/mol. The minimum Gasteiger partial charge on any atom is -0.496 e. The fourth-order valence-electron chi connectivity index (χ4n) is 1.81. The average Bonchev–Trinajstić information content (AvgIpc) is 2.29. The Hall–Kier alpha value is -1.35. The summed E-state index contributed by atoms with van der Waals surface area (Å²) in [7, 11) is 1.55. The van der Waals surface area contributed by atoms with Crippen molar-refractivity contribution in [1.82, 2.24) is 0 Å². The third kappa shape index (κ3) is 3.07. The van der Waals surface area contributed by atoms with Gasteiger partial charge in [-0.05, 0) is 25.0 Å². The number of carbonyl (C=O) groups is 1. The van der Waals surface area contributed by atoms with E-state index in [1.54, 1.807) is 13.2 Å². The molecular weight excluding hydrogens is 216 g/mol. The number of aryl methyl sites for hydroxylation is 1. The smallest absolute Gasteiger partial charge is 0.172 e. The molecule has 3 nitrogen and oxygen atoms in total. The molecule has 0 radical (unpaired) electrons. The van der Waals surface area contributed by atoms with Crippen LogP contribution in [0, 0.1) is 18.8 Å². The minimum absolute atomic E-state index is 0.0527. The molecule has 17 heavy (non-hydrogen) atoms. The zero-order chi connectivity index (χ0) is 13.0. The number of aliphatic hydroxyl groups excluding tert-OH is 1. The molecule has 1 rings (SSSR count). The van der Waals surface area contributed by atoms with E-state index in [9.17, 15) is 9.90 Å². The lowest BCUT2D eigenvalue weighted by molar-refractivity contribution is 0.0803. The Morgan fingerprint density at radius 1 is 1.41 bits per heavy atom. The second kappa shape index (κ2) is 5.82. The zero-order valence-electron chi connectivity index (χ0n) is 10.9. The van der Waals surface area contributed by atoms with Crippen LogP contribution in [0.3, 0.4) is 0 Å². The van der Waals surface area contributed by atoms with Crippen LogP contribution in [0.25, 0.3) is 0 Å². The molecule has 0 saturated carbocycles. The van der Waals surface area contributed by atoms with Crippen molar-refractivity contribution in [1.29, 1.82) is 0 Å². The Morgan fingerprint density at radius 3 is 2.53 bits per heavy atom. The van der Waals surface area contributed by atoms with Crippen molar-refractivity contribution in [2.75, 3.05) is 13.7 Å². The van der Waals surface area contributed by atoms with Crippen LogP contribution in [-0.4, -0.2) is 24.6 Å². The van der Waals surface area contributed by atoms with E-state index in [2.05, 4.69) is 0 Å². The Labute approximate surface area is 102 Å². The summed E-state index contributed by atoms with van der Waals surface area (Å²) in [4.78, 5) is 12.3. The van der Waals surface area contributed by atoms with Gasteiger partial charge in [0.15, 0.2) is 5.78 Å². The maximum Gasteiger partial charge on any atom is 0.172 e. The Bertz CT molecular complexity index is 396. The first kappa shape index (κ1) is 13.7. The SMILES string of the molecule is COc1ccc(C)cc1C(=O)C(CO)C(C)C. The third-order valence-electron chi connectivity index (χ3n) is 2.96. The van der Waals surface area contributed by atoms with Crippen molar-refractivity contribution in [2.45, 2.75) is 20.8 Å². The molecule has 0 amide bonds. The highest BCUT2D eigenvalue weighted by Crippen LogP contribution is 2.25. The molecule has 1 unspecified atom stereocenters. The lowest BCUT2D eigenvalue weighted by atomic mass is 9.88. The number of hydrogen-bond acceptors (Lipinski definition) is 3. The van der Waals surface area contributed by atoms with Gasteiger partial charge in [0.25, 0.3) is 0 Å². The summed E-state index contributed by atoms with van der Waals surface area (Å²) in [6, 6.07) is 5.50. The normalized spacial score (nSPS) is 12.6. The summed E-state index contributed by atoms with van der Waals surface area (Å²) in [5.74, 6) is 0.256. The fourth-order valence-corrected chi connectivity index (χ4v) is 1.81. The molecule has 0 bridgehead atoms. The van der Waals surface area contributed by atoms with Gasteiger partial charge in [0.2, 0.25) is 0 Å². The molecule has 1 atom stereocenters. The fraction of sp³-hybridized carbons (Fsp3) is 0.500. The quantitative estimate of drug-likeness (QED) is 0.799. The van der Waals surface area contributed by atoms with E-state index in [0.29, 0.717) is 11.3 Å². The van der Waals surface area contributed by atoms with Crippen LogP contribution in [-0.2, 0) is 0 Å². The maximum absolute atomic E-state index is 12.3. The molecule has 1 aromatic rings. The zero-order valence-corrected chi connectivity index (χ0v) is 10.9. The molecule has 0 aliphatic carbocycles. The number of ether oxygens (including phenoxy) is 1. The molecule has 0 aliphatic rings. The highest BCUT2D eigenvalue weighted by Gasteiger charge is 2.25. The van der Waals surface area contributed by atoms with Gasteiger partial charge in [0.1, 0.15) is 5.75 Å². The van der Waals surface area contributed by atoms with Crippen molar-refractivity contribution in [2.24, 2.45) is 11.8 Å². The molecule has 3 heteroatoms. The van der Waals surface area contributed by atoms with Crippen LogP contribution in [0.5, 0.6) is 5.75 Å². The molecule has 0 heterocycles. The first-order valence-electron chi connectivity index (χ1n) is 5.81. The van der Waals surface area contributed by atoms with E-state index < -0.39 is 0 Å². The van der Waals surface area contributed by atoms with Crippen molar-refractivity contribution in [3.8, 4) is 5.75 Å². The van der Waals surface area contributed by atoms with Crippen molar-refractivity contribution < 1.29 is 14.6 Å². The highest BCUT2D eigenvalue weighted by molar-refractivity contribution is 6.00. The summed E-state index contributed by atoms with van der Waals surface area (Å²) in [5, 5.41) is 9.30. The summed E-state index contributed by atoms with van der Waals surface area (Å²) in [5.41, 5.74) is 1.56. The molecule has 94 valence electrons. The number of hydrogen-bond donors (Lipinski definition) is 1. The number of ketones is 1. The molecule has 1 N–H and O–H groups in total. The van der Waals surface area contributed by atoms with Crippen LogP contribution in [0.15, 0.2) is 18.2 Å². The molecular formula is C14H20O3. The topological polar surface area (TPSA) is 46.5 Å². The minimum atomic E-state index is -0.370. The molecule has 1 aromatic carbocycles. The van der Waals surface area contributed by atoms with Gasteiger partial charge < -0.3 is 9.84 Å². The van der Waals surface area contributed by atoms with Crippen LogP contribution < -0.4 is 4.74 Å². The summed E-state index contributed by atoms with van der Waals surface area (Å²) in [6.45, 7) is 5.66. The van der Waals surface area contributed by atoms with Gasteiger partial charge in [0, 0.05) is 5.92 Å². The third-order valence-corrected chi connectivity index (χ3v) is 2.96. The molecule has 0 aromatic heterocycles. The van der Waals surface area contributed by atoms with Gasteiger partial charge >= 0.3 is 0 Å². The monoisotopic (exact) mass is 236 g/mol. The average molecular weight is 236 g/mol. The number of rotatable bonds is 5. The van der Waals surface area contributed by atoms with E-state index in [1.807, 2.05) is 32.9 Å². The summed E-state index contributed by atoms with van der Waals surface area (Å²) in [6.07, 6.45) is 0. The number of benzene rings is 1. The maximum atomic E-state index is 12.3. The summed E-state index contributed by atoms with van der Waals surface area (Å²) >= 11 is 0. The van der Waals surface area contributed by atoms with E-state index in [1.165, 1.54) is 0 Å². The van der Waals surface area contributed by atoms with E-state index >= 15 is 0 Å². The van der Waals surface area contributed by atoms with Crippen molar-refractivity contribution in [3.05, 3.63) is 29.3 Å². The molecule has 0 saturated heterocycles.